The van der Waals surface area contributed by atoms with Crippen molar-refractivity contribution in [3.63, 3.8) is 0 Å². The van der Waals surface area contributed by atoms with E-state index in [4.69, 9.17) is 4.74 Å². The fourth-order valence-corrected chi connectivity index (χ4v) is 2.24. The molecule has 0 amide bonds. The maximum absolute atomic E-state index is 11.6. The van der Waals surface area contributed by atoms with Gasteiger partial charge in [0, 0.05) is 11.1 Å². The molecule has 0 bridgehead atoms. The Morgan fingerprint density at radius 3 is 2.86 bits per heavy atom. The number of rotatable bonds is 3. The van der Waals surface area contributed by atoms with Gasteiger partial charge in [-0.15, -0.1) is 11.3 Å². The zero-order valence-electron chi connectivity index (χ0n) is 8.33. The minimum atomic E-state index is -0.818. The van der Waals surface area contributed by atoms with Gasteiger partial charge in [-0.1, -0.05) is 15.9 Å². The number of esters is 1. The Morgan fingerprint density at radius 1 is 1.79 bits per heavy atom. The molecule has 5 heteroatoms. The Hall–Kier alpha value is -0.420. The number of ether oxygens (including phenoxy) is 1. The zero-order chi connectivity index (χ0) is 10.8. The second-order valence-electron chi connectivity index (χ2n) is 3.02. The Morgan fingerprint density at radius 2 is 2.43 bits per heavy atom. The van der Waals surface area contributed by atoms with Crippen LogP contribution in [0.15, 0.2) is 5.38 Å². The fourth-order valence-electron chi connectivity index (χ4n) is 0.924. The van der Waals surface area contributed by atoms with Crippen molar-refractivity contribution in [3.8, 4) is 0 Å². The van der Waals surface area contributed by atoms with Gasteiger partial charge in [0.05, 0.1) is 6.61 Å². The molecule has 1 aromatic heterocycles. The molecule has 1 heterocycles. The Bertz CT molecular complexity index is 335. The number of alkyl halides is 1. The average Bonchev–Trinajstić information content (AvgIpc) is 2.52. The number of aromatic nitrogens is 1. The quantitative estimate of drug-likeness (QED) is 0.630. The van der Waals surface area contributed by atoms with Gasteiger partial charge in [-0.3, -0.25) is 4.79 Å². The van der Waals surface area contributed by atoms with Crippen molar-refractivity contribution >= 4 is 33.2 Å². The lowest BCUT2D eigenvalue weighted by Crippen LogP contribution is -2.27. The predicted molar refractivity (Wildman–Crippen MR) is 59.8 cm³/mol. The third-order valence-corrected chi connectivity index (χ3v) is 3.82. The average molecular weight is 278 g/mol. The highest BCUT2D eigenvalue weighted by molar-refractivity contribution is 9.10. The van der Waals surface area contributed by atoms with Crippen LogP contribution in [0.1, 0.15) is 24.5 Å². The molecule has 1 atom stereocenters. The van der Waals surface area contributed by atoms with Gasteiger partial charge in [0.25, 0.3) is 0 Å². The number of nitrogens with zero attached hydrogens (tertiary/aromatic N) is 1. The van der Waals surface area contributed by atoms with Gasteiger partial charge < -0.3 is 4.74 Å². The summed E-state index contributed by atoms with van der Waals surface area (Å²) in [6.07, 6.45) is 0. The molecule has 0 unspecified atom stereocenters. The van der Waals surface area contributed by atoms with Crippen LogP contribution in [0, 0.1) is 6.92 Å². The molecule has 0 N–H and O–H groups in total. The van der Waals surface area contributed by atoms with Crippen LogP contribution in [0.4, 0.5) is 0 Å². The summed E-state index contributed by atoms with van der Waals surface area (Å²) in [4.78, 5) is 15.8. The molecule has 0 saturated carbocycles. The largest absolute Gasteiger partial charge is 0.465 e. The third kappa shape index (κ3) is 2.33. The Kier molecular flexibility index (Phi) is 3.66. The minimum Gasteiger partial charge on any atom is -0.465 e. The molecule has 0 aliphatic rings. The molecule has 0 fully saturated rings. The first-order valence-corrected chi connectivity index (χ1v) is 5.94. The lowest BCUT2D eigenvalue weighted by Gasteiger charge is -2.17. The predicted octanol–water partition coefficient (Wildman–Crippen LogP) is 2.62. The summed E-state index contributed by atoms with van der Waals surface area (Å²) in [7, 11) is 0. The summed E-state index contributed by atoms with van der Waals surface area (Å²) in [6.45, 7) is 5.82. The number of hydrogen-bond donors (Lipinski definition) is 0. The van der Waals surface area contributed by atoms with Crippen molar-refractivity contribution in [2.24, 2.45) is 0 Å². The molecule has 3 nitrogen and oxygen atoms in total. The molecule has 0 radical (unpaired) electrons. The van der Waals surface area contributed by atoms with Crippen LogP contribution in [0.25, 0.3) is 0 Å². The van der Waals surface area contributed by atoms with Gasteiger partial charge in [-0.05, 0) is 20.8 Å². The second-order valence-corrected chi connectivity index (χ2v) is 5.46. The van der Waals surface area contributed by atoms with E-state index in [2.05, 4.69) is 20.9 Å². The van der Waals surface area contributed by atoms with Gasteiger partial charge in [0.2, 0.25) is 0 Å². The number of aryl methyl sites for hydroxylation is 1. The van der Waals surface area contributed by atoms with Crippen LogP contribution >= 0.6 is 27.3 Å². The van der Waals surface area contributed by atoms with Gasteiger partial charge in [0.1, 0.15) is 5.01 Å². The summed E-state index contributed by atoms with van der Waals surface area (Å²) in [5.74, 6) is -0.297. The molecule has 14 heavy (non-hydrogen) atoms. The fraction of sp³-hybridized carbons (Fsp3) is 0.556. The van der Waals surface area contributed by atoms with Crippen molar-refractivity contribution in [2.45, 2.75) is 25.1 Å². The van der Waals surface area contributed by atoms with Gasteiger partial charge in [-0.25, -0.2) is 4.98 Å². The smallest absolute Gasteiger partial charge is 0.329 e. The van der Waals surface area contributed by atoms with Gasteiger partial charge in [-0.2, -0.15) is 0 Å². The number of carbonyl (C=O) groups is 1. The minimum absolute atomic E-state index is 0.297. The van der Waals surface area contributed by atoms with Crippen LogP contribution in [0.2, 0.25) is 0 Å². The first-order valence-electron chi connectivity index (χ1n) is 4.27. The molecule has 0 spiro atoms. The molecule has 0 aliphatic heterocycles. The highest BCUT2D eigenvalue weighted by Crippen LogP contribution is 2.34. The van der Waals surface area contributed by atoms with E-state index in [0.29, 0.717) is 6.61 Å². The summed E-state index contributed by atoms with van der Waals surface area (Å²) in [5, 5.41) is 2.64. The summed E-state index contributed by atoms with van der Waals surface area (Å²) < 4.78 is 4.13. The molecule has 0 aromatic carbocycles. The van der Waals surface area contributed by atoms with Crippen LogP contribution in [-0.2, 0) is 13.9 Å². The number of thiazole rings is 1. The van der Waals surface area contributed by atoms with Crippen molar-refractivity contribution in [3.05, 3.63) is 16.1 Å². The SMILES string of the molecule is CCOC(=O)[C@@](C)(Br)c1nc(C)cs1. The van der Waals surface area contributed by atoms with Crippen LogP contribution in [0.3, 0.4) is 0 Å². The Balaban J connectivity index is 2.89. The summed E-state index contributed by atoms with van der Waals surface area (Å²) in [5.41, 5.74) is 0.917. The lowest BCUT2D eigenvalue weighted by atomic mass is 10.2. The summed E-state index contributed by atoms with van der Waals surface area (Å²) >= 11 is 4.80. The Labute approximate surface area is 95.6 Å². The molecular weight excluding hydrogens is 266 g/mol. The number of carbonyl (C=O) groups excluding carboxylic acids is 1. The van der Waals surface area contributed by atoms with E-state index in [1.165, 1.54) is 11.3 Å². The first kappa shape index (κ1) is 11.7. The summed E-state index contributed by atoms with van der Waals surface area (Å²) in [6, 6.07) is 0. The topological polar surface area (TPSA) is 39.2 Å². The molecule has 0 saturated heterocycles. The molecule has 1 aromatic rings. The lowest BCUT2D eigenvalue weighted by molar-refractivity contribution is -0.145. The third-order valence-electron chi connectivity index (χ3n) is 1.68. The van der Waals surface area contributed by atoms with E-state index >= 15 is 0 Å². The maximum Gasteiger partial charge on any atom is 0.329 e. The van der Waals surface area contributed by atoms with Gasteiger partial charge >= 0.3 is 5.97 Å². The zero-order valence-corrected chi connectivity index (χ0v) is 10.7. The van der Waals surface area contributed by atoms with Crippen LogP contribution in [0.5, 0.6) is 0 Å². The van der Waals surface area contributed by atoms with E-state index in [-0.39, 0.29) is 5.97 Å². The van der Waals surface area contributed by atoms with Gasteiger partial charge in [0.15, 0.2) is 4.32 Å². The highest BCUT2D eigenvalue weighted by atomic mass is 79.9. The molecule has 0 aliphatic carbocycles. The molecule has 1 rings (SSSR count). The monoisotopic (exact) mass is 277 g/mol. The van der Waals surface area contributed by atoms with E-state index in [1.807, 2.05) is 12.3 Å². The van der Waals surface area contributed by atoms with Crippen LogP contribution in [-0.4, -0.2) is 17.6 Å². The number of halogens is 1. The van der Waals surface area contributed by atoms with E-state index < -0.39 is 4.32 Å². The van der Waals surface area contributed by atoms with Crippen molar-refractivity contribution in [2.75, 3.05) is 6.61 Å². The molecule has 78 valence electrons. The maximum atomic E-state index is 11.6. The van der Waals surface area contributed by atoms with Crippen molar-refractivity contribution in [1.29, 1.82) is 0 Å². The van der Waals surface area contributed by atoms with E-state index in [9.17, 15) is 4.79 Å². The van der Waals surface area contributed by atoms with E-state index in [0.717, 1.165) is 10.7 Å². The van der Waals surface area contributed by atoms with Crippen LogP contribution < -0.4 is 0 Å². The number of hydrogen-bond acceptors (Lipinski definition) is 4. The first-order chi connectivity index (χ1) is 6.48. The standard InChI is InChI=1S/C9H12BrNO2S/c1-4-13-8(12)9(3,10)7-11-6(2)5-14-7/h5H,4H2,1-3H3/t9-/m0/s1. The van der Waals surface area contributed by atoms with Crippen molar-refractivity contribution in [1.82, 2.24) is 4.98 Å². The van der Waals surface area contributed by atoms with Crippen molar-refractivity contribution < 1.29 is 9.53 Å². The normalized spacial score (nSPS) is 14.9. The highest BCUT2D eigenvalue weighted by Gasteiger charge is 2.36. The molecular formula is C9H12BrNO2S. The second kappa shape index (κ2) is 4.40. The van der Waals surface area contributed by atoms with E-state index in [1.54, 1.807) is 13.8 Å².